The van der Waals surface area contributed by atoms with Gasteiger partial charge in [-0.15, -0.1) is 0 Å². The maximum atomic E-state index is 11.3. The van der Waals surface area contributed by atoms with Crippen LogP contribution in [0.3, 0.4) is 0 Å². The van der Waals surface area contributed by atoms with Gasteiger partial charge in [0.1, 0.15) is 0 Å². The van der Waals surface area contributed by atoms with Crippen LogP contribution in [-0.2, 0) is 4.79 Å². The Kier molecular flexibility index (Phi) is 7.29. The van der Waals surface area contributed by atoms with E-state index in [4.69, 9.17) is 15.3 Å². The summed E-state index contributed by atoms with van der Waals surface area (Å²) in [6, 6.07) is -0.487. The summed E-state index contributed by atoms with van der Waals surface area (Å²) in [5, 5.41) is 28.0. The molecule has 0 aromatic carbocycles. The van der Waals surface area contributed by atoms with Gasteiger partial charge in [0.2, 0.25) is 0 Å². The van der Waals surface area contributed by atoms with Gasteiger partial charge in [-0.05, 0) is 0 Å². The van der Waals surface area contributed by atoms with Gasteiger partial charge in [-0.25, -0.2) is 4.79 Å². The lowest BCUT2D eigenvalue weighted by molar-refractivity contribution is -0.136. The molecular weight excluding hydrogens is 204 g/mol. The van der Waals surface area contributed by atoms with Crippen molar-refractivity contribution in [1.82, 2.24) is 10.2 Å². The number of rotatable bonds is 7. The molecule has 0 aliphatic rings. The molecule has 0 saturated carbocycles. The van der Waals surface area contributed by atoms with E-state index in [2.05, 4.69) is 5.32 Å². The van der Waals surface area contributed by atoms with Gasteiger partial charge in [-0.3, -0.25) is 4.79 Å². The molecule has 7 heteroatoms. The highest BCUT2D eigenvalue weighted by Crippen LogP contribution is 1.89. The molecule has 0 atom stereocenters. The molecule has 0 unspecified atom stereocenters. The first-order valence-electron chi connectivity index (χ1n) is 4.58. The average Bonchev–Trinajstić information content (AvgIpc) is 2.16. The van der Waals surface area contributed by atoms with Crippen molar-refractivity contribution in [3.63, 3.8) is 0 Å². The number of urea groups is 1. The third kappa shape index (κ3) is 6.69. The van der Waals surface area contributed by atoms with Crippen molar-refractivity contribution >= 4 is 12.0 Å². The molecule has 4 N–H and O–H groups in total. The Morgan fingerprint density at radius 2 is 1.67 bits per heavy atom. The van der Waals surface area contributed by atoms with E-state index >= 15 is 0 Å². The van der Waals surface area contributed by atoms with Crippen LogP contribution in [0, 0.1) is 0 Å². The molecule has 0 spiro atoms. The molecule has 88 valence electrons. The minimum absolute atomic E-state index is 0.0293. The largest absolute Gasteiger partial charge is 0.481 e. The number of amides is 2. The van der Waals surface area contributed by atoms with Crippen molar-refractivity contribution in [2.45, 2.75) is 6.42 Å². The number of nitrogens with one attached hydrogen (secondary N) is 1. The number of carbonyl (C=O) groups is 2. The fourth-order valence-corrected chi connectivity index (χ4v) is 0.944. The lowest BCUT2D eigenvalue weighted by Gasteiger charge is -2.20. The topological polar surface area (TPSA) is 110 Å². The summed E-state index contributed by atoms with van der Waals surface area (Å²) >= 11 is 0. The molecule has 0 saturated heterocycles. The average molecular weight is 220 g/mol. The van der Waals surface area contributed by atoms with Crippen LogP contribution in [0.2, 0.25) is 0 Å². The smallest absolute Gasteiger partial charge is 0.317 e. The zero-order chi connectivity index (χ0) is 11.7. The Balaban J connectivity index is 3.85. The van der Waals surface area contributed by atoms with Crippen LogP contribution in [0.15, 0.2) is 0 Å². The summed E-state index contributed by atoms with van der Waals surface area (Å²) in [6.45, 7) is -0.154. The second-order valence-corrected chi connectivity index (χ2v) is 2.81. The van der Waals surface area contributed by atoms with Gasteiger partial charge in [0.25, 0.3) is 0 Å². The van der Waals surface area contributed by atoms with Crippen LogP contribution in [0.5, 0.6) is 0 Å². The Hall–Kier alpha value is -1.34. The van der Waals surface area contributed by atoms with E-state index in [1.165, 1.54) is 4.90 Å². The Bertz CT molecular complexity index is 203. The maximum Gasteiger partial charge on any atom is 0.317 e. The van der Waals surface area contributed by atoms with E-state index in [9.17, 15) is 9.59 Å². The first-order valence-corrected chi connectivity index (χ1v) is 4.58. The molecule has 0 rings (SSSR count). The van der Waals surface area contributed by atoms with Gasteiger partial charge < -0.3 is 25.5 Å². The molecule has 0 aliphatic heterocycles. The fraction of sp³-hybridized carbons (Fsp3) is 0.750. The van der Waals surface area contributed by atoms with Gasteiger partial charge in [0.15, 0.2) is 0 Å². The molecular formula is C8H16N2O5. The summed E-state index contributed by atoms with van der Waals surface area (Å²) in [5.41, 5.74) is 0. The van der Waals surface area contributed by atoms with Gasteiger partial charge in [-0.1, -0.05) is 0 Å². The normalized spacial score (nSPS) is 9.73. The van der Waals surface area contributed by atoms with E-state index in [-0.39, 0.29) is 39.3 Å². The van der Waals surface area contributed by atoms with Gasteiger partial charge in [0.05, 0.1) is 19.6 Å². The number of aliphatic hydroxyl groups excluding tert-OH is 2. The third-order valence-corrected chi connectivity index (χ3v) is 1.64. The molecule has 0 aromatic heterocycles. The first kappa shape index (κ1) is 13.7. The number of carboxylic acids is 1. The predicted octanol–water partition coefficient (Wildman–Crippen LogP) is -1.54. The minimum atomic E-state index is -0.994. The van der Waals surface area contributed by atoms with Crippen LogP contribution in [0.4, 0.5) is 4.79 Å². The van der Waals surface area contributed by atoms with Crippen LogP contribution in [0.25, 0.3) is 0 Å². The number of aliphatic carboxylic acids is 1. The number of hydrogen-bond donors (Lipinski definition) is 4. The van der Waals surface area contributed by atoms with Crippen molar-refractivity contribution in [1.29, 1.82) is 0 Å². The highest BCUT2D eigenvalue weighted by molar-refractivity contribution is 5.75. The van der Waals surface area contributed by atoms with Gasteiger partial charge >= 0.3 is 12.0 Å². The number of nitrogens with zero attached hydrogens (tertiary/aromatic N) is 1. The molecule has 0 fully saturated rings. The molecule has 0 aliphatic carbocycles. The lowest BCUT2D eigenvalue weighted by Crippen LogP contribution is -2.43. The molecule has 7 nitrogen and oxygen atoms in total. The molecule has 2 amide bonds. The van der Waals surface area contributed by atoms with Crippen molar-refractivity contribution in [2.24, 2.45) is 0 Å². The first-order chi connectivity index (χ1) is 7.11. The van der Waals surface area contributed by atoms with Crippen molar-refractivity contribution in [2.75, 3.05) is 32.8 Å². The number of carboxylic acid groups (broad SMARTS) is 1. The van der Waals surface area contributed by atoms with E-state index < -0.39 is 12.0 Å². The van der Waals surface area contributed by atoms with E-state index in [0.717, 1.165) is 0 Å². The van der Waals surface area contributed by atoms with E-state index in [0.29, 0.717) is 0 Å². The summed E-state index contributed by atoms with van der Waals surface area (Å²) < 4.78 is 0. The van der Waals surface area contributed by atoms with Crippen LogP contribution < -0.4 is 5.32 Å². The molecule has 0 radical (unpaired) electrons. The summed E-state index contributed by atoms with van der Waals surface area (Å²) in [4.78, 5) is 22.7. The van der Waals surface area contributed by atoms with Crippen molar-refractivity contribution in [3.8, 4) is 0 Å². The highest BCUT2D eigenvalue weighted by Gasteiger charge is 2.11. The van der Waals surface area contributed by atoms with Crippen molar-refractivity contribution < 1.29 is 24.9 Å². The van der Waals surface area contributed by atoms with Crippen LogP contribution >= 0.6 is 0 Å². The second kappa shape index (κ2) is 8.01. The van der Waals surface area contributed by atoms with E-state index in [1.54, 1.807) is 0 Å². The minimum Gasteiger partial charge on any atom is -0.481 e. The SMILES string of the molecule is O=C(O)CCNC(=O)N(CCO)CCO. The Labute approximate surface area is 87.3 Å². The zero-order valence-corrected chi connectivity index (χ0v) is 8.35. The van der Waals surface area contributed by atoms with Gasteiger partial charge in [0, 0.05) is 19.6 Å². The van der Waals surface area contributed by atoms with Crippen molar-refractivity contribution in [3.05, 3.63) is 0 Å². The number of hydrogen-bond acceptors (Lipinski definition) is 4. The van der Waals surface area contributed by atoms with Gasteiger partial charge in [-0.2, -0.15) is 0 Å². The third-order valence-electron chi connectivity index (χ3n) is 1.64. The Morgan fingerprint density at radius 3 is 2.07 bits per heavy atom. The predicted molar refractivity (Wildman–Crippen MR) is 51.4 cm³/mol. The number of aliphatic hydroxyl groups is 2. The van der Waals surface area contributed by atoms with Crippen LogP contribution in [-0.4, -0.2) is 65.1 Å². The maximum absolute atomic E-state index is 11.3. The monoisotopic (exact) mass is 220 g/mol. The van der Waals surface area contributed by atoms with E-state index in [1.807, 2.05) is 0 Å². The summed E-state index contributed by atoms with van der Waals surface area (Å²) in [5.74, 6) is -0.994. The molecule has 15 heavy (non-hydrogen) atoms. The number of carbonyl (C=O) groups excluding carboxylic acids is 1. The quantitative estimate of drug-likeness (QED) is 0.415. The lowest BCUT2D eigenvalue weighted by atomic mass is 10.4. The Morgan fingerprint density at radius 1 is 1.13 bits per heavy atom. The molecule has 0 aromatic rings. The molecule has 0 bridgehead atoms. The zero-order valence-electron chi connectivity index (χ0n) is 8.35. The summed E-state index contributed by atoms with van der Waals surface area (Å²) in [6.07, 6.45) is -0.155. The van der Waals surface area contributed by atoms with Crippen LogP contribution in [0.1, 0.15) is 6.42 Å². The summed E-state index contributed by atoms with van der Waals surface area (Å²) in [7, 11) is 0. The molecule has 0 heterocycles. The second-order valence-electron chi connectivity index (χ2n) is 2.81. The highest BCUT2D eigenvalue weighted by atomic mass is 16.4. The standard InChI is InChI=1S/C8H16N2O5/c11-5-3-10(4-6-12)8(15)9-2-1-7(13)14/h11-12H,1-6H2,(H,9,15)(H,13,14). The fourth-order valence-electron chi connectivity index (χ4n) is 0.944.